The minimum atomic E-state index is -2.65. The zero-order chi connectivity index (χ0) is 63.4. The van der Waals surface area contributed by atoms with Gasteiger partial charge in [-0.25, -0.2) is 4.79 Å². The van der Waals surface area contributed by atoms with Crippen LogP contribution in [0.4, 0.5) is 0 Å². The van der Waals surface area contributed by atoms with Gasteiger partial charge in [0.1, 0.15) is 48.5 Å². The predicted octanol–water partition coefficient (Wildman–Crippen LogP) is 15.9. The number of ether oxygens (including phenoxy) is 6. The van der Waals surface area contributed by atoms with Crippen LogP contribution in [-0.4, -0.2) is 128 Å². The Hall–Kier alpha value is -2.65. The molecular formula is C69H116O13Si3. The van der Waals surface area contributed by atoms with E-state index in [9.17, 15) is 19.2 Å². The van der Waals surface area contributed by atoms with Gasteiger partial charge in [0.2, 0.25) is 0 Å². The first kappa shape index (κ1) is 71.4. The van der Waals surface area contributed by atoms with Gasteiger partial charge in [-0.15, -0.1) is 0 Å². The van der Waals surface area contributed by atoms with Gasteiger partial charge in [0.05, 0.1) is 42.2 Å². The molecule has 0 saturated carbocycles. The Bertz CT molecular complexity index is 2420. The van der Waals surface area contributed by atoms with Gasteiger partial charge >= 0.3 is 11.9 Å². The van der Waals surface area contributed by atoms with Crippen molar-refractivity contribution in [3.8, 4) is 0 Å². The summed E-state index contributed by atoms with van der Waals surface area (Å²) >= 11 is 0. The first-order chi connectivity index (χ1) is 39.3. The first-order valence-corrected chi connectivity index (χ1v) is 41.5. The molecule has 6 bridgehead atoms. The van der Waals surface area contributed by atoms with Crippen molar-refractivity contribution in [1.82, 2.24) is 0 Å². The Morgan fingerprint density at radius 3 is 1.82 bits per heavy atom. The summed E-state index contributed by atoms with van der Waals surface area (Å²) in [4.78, 5) is 55.8. The number of fused-ring (bicyclic) bond motifs is 15. The molecule has 1 aromatic carbocycles. The van der Waals surface area contributed by atoms with Gasteiger partial charge in [-0.05, 0) is 159 Å². The van der Waals surface area contributed by atoms with Crippen LogP contribution in [0.3, 0.4) is 0 Å². The lowest BCUT2D eigenvalue weighted by Crippen LogP contribution is -2.69. The molecule has 16 heteroatoms. The Labute approximate surface area is 517 Å². The van der Waals surface area contributed by atoms with Crippen molar-refractivity contribution in [2.75, 3.05) is 0 Å². The number of rotatable bonds is 12. The number of carbonyl (C=O) groups excluding carboxylic acids is 4. The molecule has 4 fully saturated rings. The maximum Gasteiger partial charge on any atom is 0.338 e. The van der Waals surface area contributed by atoms with Crippen molar-refractivity contribution in [2.45, 2.75) is 321 Å². The monoisotopic (exact) mass is 1240 g/mol. The normalized spacial score (nSPS) is 34.7. The second-order valence-corrected chi connectivity index (χ2v) is 45.6. The van der Waals surface area contributed by atoms with Crippen molar-refractivity contribution in [1.29, 1.82) is 0 Å². The largest absolute Gasteiger partial charge is 0.458 e. The molecule has 7 rings (SSSR count). The highest BCUT2D eigenvalue weighted by atomic mass is 28.4. The topological polar surface area (TPSA) is 151 Å². The first-order valence-electron chi connectivity index (χ1n) is 32.8. The maximum absolute atomic E-state index is 15.0. The Kier molecular flexibility index (Phi) is 24.5. The Balaban J connectivity index is 1.49. The van der Waals surface area contributed by atoms with Gasteiger partial charge < -0.3 is 41.7 Å². The van der Waals surface area contributed by atoms with Crippen molar-refractivity contribution in [2.24, 2.45) is 29.6 Å². The number of carbonyl (C=O) groups is 4. The molecule has 6 aliphatic rings. The third-order valence-corrected chi connectivity index (χ3v) is 34.8. The van der Waals surface area contributed by atoms with Crippen LogP contribution in [0.2, 0.25) is 54.4 Å². The summed E-state index contributed by atoms with van der Waals surface area (Å²) in [7, 11) is -7.89. The van der Waals surface area contributed by atoms with Crippen molar-refractivity contribution in [3.63, 3.8) is 0 Å². The molecule has 2 unspecified atom stereocenters. The maximum atomic E-state index is 15.0. The minimum Gasteiger partial charge on any atom is -0.458 e. The van der Waals surface area contributed by atoms with Crippen LogP contribution in [0, 0.1) is 29.6 Å². The van der Waals surface area contributed by atoms with Crippen LogP contribution in [-0.2, 0) is 56.1 Å². The highest BCUT2D eigenvalue weighted by Crippen LogP contribution is 2.49. The van der Waals surface area contributed by atoms with E-state index in [-0.39, 0.29) is 87.5 Å². The van der Waals surface area contributed by atoms with E-state index < -0.39 is 92.0 Å². The van der Waals surface area contributed by atoms with E-state index in [1.165, 1.54) is 6.92 Å². The van der Waals surface area contributed by atoms with E-state index in [0.717, 1.165) is 31.3 Å². The minimum absolute atomic E-state index is 0.00735. The van der Waals surface area contributed by atoms with Crippen molar-refractivity contribution < 1.29 is 60.9 Å². The lowest BCUT2D eigenvalue weighted by Gasteiger charge is -2.56. The number of hydrogen-bond donors (Lipinski definition) is 0. The lowest BCUT2D eigenvalue weighted by atomic mass is 9.78. The fraction of sp³-hybridized carbons (Fsp3) is 0.797. The molecule has 482 valence electrons. The standard InChI is InChI=1S/C69H116O13Si3/c1-23-43(2)38-59-47(6)54-40-50(71)39-52-33-35-57-62(76-52)64(81-84(19,20)68(11,12)13)65(82-85(21,22)69(14,15)16)63(79-57)58(80-83(17,18)67(8,9)10)36-32-51(77-66(73)49-27-25-24-26-28-49)30-31-53-41-55(72)56(75-53)34-29-44(3)37-45(4)46(5)60(74-48(7)70)42-61(54)78-59/h24-28,32,36,43-45,47,51-54,56-65H,5,23,29-31,33-35,37-42H2,1-4,6-22H3/b36-32+/t43-,44-,45-,47-,51?,52-,53+,54?,56+,57+,58+,59-,60-,61+,62+,63+,64+,65-/m1/s1. The molecule has 6 aliphatic heterocycles. The van der Waals surface area contributed by atoms with E-state index in [2.05, 4.69) is 149 Å². The van der Waals surface area contributed by atoms with E-state index in [0.29, 0.717) is 56.4 Å². The van der Waals surface area contributed by atoms with Crippen molar-refractivity contribution in [3.05, 3.63) is 60.2 Å². The molecular weight excluding hydrogens is 1120 g/mol. The summed E-state index contributed by atoms with van der Waals surface area (Å²) in [5, 5.41) is -0.573. The van der Waals surface area contributed by atoms with E-state index in [1.807, 2.05) is 24.3 Å². The molecule has 18 atom stereocenters. The molecule has 0 aromatic heterocycles. The van der Waals surface area contributed by atoms with E-state index >= 15 is 0 Å². The smallest absolute Gasteiger partial charge is 0.338 e. The second-order valence-electron chi connectivity index (χ2n) is 31.3. The Morgan fingerprint density at radius 2 is 1.24 bits per heavy atom. The third-order valence-electron chi connectivity index (χ3n) is 21.3. The second kappa shape index (κ2) is 29.1. The third kappa shape index (κ3) is 18.7. The predicted molar refractivity (Wildman–Crippen MR) is 346 cm³/mol. The van der Waals surface area contributed by atoms with Crippen LogP contribution in [0.25, 0.3) is 0 Å². The highest BCUT2D eigenvalue weighted by Gasteiger charge is 2.58. The lowest BCUT2D eigenvalue weighted by molar-refractivity contribution is -0.266. The molecule has 4 saturated heterocycles. The Morgan fingerprint density at radius 1 is 0.659 bits per heavy atom. The highest BCUT2D eigenvalue weighted by molar-refractivity contribution is 6.75. The number of benzene rings is 1. The number of esters is 2. The fourth-order valence-electron chi connectivity index (χ4n) is 12.5. The zero-order valence-corrected chi connectivity index (χ0v) is 59.6. The summed E-state index contributed by atoms with van der Waals surface area (Å²) in [6, 6.07) is 9.05. The molecule has 85 heavy (non-hydrogen) atoms. The van der Waals surface area contributed by atoms with E-state index in [1.54, 1.807) is 12.1 Å². The number of Topliss-reactive ketones (excluding diaryl/α,β-unsaturated/α-hetero) is 2. The van der Waals surface area contributed by atoms with Gasteiger partial charge in [-0.1, -0.05) is 134 Å². The molecule has 0 N–H and O–H groups in total. The van der Waals surface area contributed by atoms with Gasteiger partial charge in [-0.3, -0.25) is 14.4 Å². The molecule has 1 aromatic rings. The average molecular weight is 1240 g/mol. The fourth-order valence-corrected chi connectivity index (χ4v) is 16.3. The SMILES string of the molecule is C=C1[C@H](C)C[C@H](C)CC[C@@H]2O[C@@H](CCC(OC(=O)c3ccccc3)/C=C/[C@H](O[Si](C)(C)C(C)(C)C)[C@@H]3O[C@H]4CC[C@H](CC(=O)CC5[C@H](C[C@H]1OC(C)=O)O[C@H](C[C@H](C)CC)[C@@H]5C)O[C@@H]4[C@H](O[Si](C)(C)C(C)(C)C)[C@@H]3O[Si](C)(C)C(C)(C)C)CC2=O. The summed E-state index contributed by atoms with van der Waals surface area (Å²) in [6.45, 7) is 50.9. The van der Waals surface area contributed by atoms with Crippen molar-refractivity contribution >= 4 is 48.5 Å². The summed E-state index contributed by atoms with van der Waals surface area (Å²) < 4.78 is 64.4. The van der Waals surface area contributed by atoms with Crippen LogP contribution in [0.15, 0.2) is 54.6 Å². The summed E-state index contributed by atoms with van der Waals surface area (Å²) in [5.41, 5.74) is 1.27. The van der Waals surface area contributed by atoms with Gasteiger partial charge in [0.15, 0.2) is 30.7 Å². The molecule has 0 amide bonds. The van der Waals surface area contributed by atoms with E-state index in [4.69, 9.17) is 41.7 Å². The number of hydrogen-bond acceptors (Lipinski definition) is 13. The van der Waals surface area contributed by atoms with Crippen LogP contribution in [0.5, 0.6) is 0 Å². The molecule has 0 radical (unpaired) electrons. The number of ketones is 2. The van der Waals surface area contributed by atoms with Crippen LogP contribution >= 0.6 is 0 Å². The molecule has 0 aliphatic carbocycles. The molecule has 6 heterocycles. The molecule has 0 spiro atoms. The zero-order valence-electron chi connectivity index (χ0n) is 56.6. The average Bonchev–Trinajstić information content (AvgIpc) is 2.73. The summed E-state index contributed by atoms with van der Waals surface area (Å²) in [6.07, 6.45) is 4.87. The van der Waals surface area contributed by atoms with Crippen LogP contribution < -0.4 is 0 Å². The quantitative estimate of drug-likeness (QED) is 0.111. The van der Waals surface area contributed by atoms with Gasteiger partial charge in [0.25, 0.3) is 0 Å². The summed E-state index contributed by atoms with van der Waals surface area (Å²) in [5.74, 6) is -0.00513. The van der Waals surface area contributed by atoms with Gasteiger partial charge in [0, 0.05) is 32.6 Å². The van der Waals surface area contributed by atoms with Crippen LogP contribution in [0.1, 0.15) is 198 Å². The molecule has 13 nitrogen and oxygen atoms in total. The van der Waals surface area contributed by atoms with Gasteiger partial charge in [-0.2, -0.15) is 0 Å².